The van der Waals surface area contributed by atoms with E-state index >= 15 is 0 Å². The van der Waals surface area contributed by atoms with E-state index < -0.39 is 10.0 Å². The number of sulfonamides is 1. The van der Waals surface area contributed by atoms with Crippen LogP contribution in [0.2, 0.25) is 0 Å². The molecule has 0 atom stereocenters. The Morgan fingerprint density at radius 2 is 1.59 bits per heavy atom. The minimum Gasteiger partial charge on any atom is -0.316 e. The van der Waals surface area contributed by atoms with Crippen molar-refractivity contribution in [1.82, 2.24) is 5.32 Å². The molecule has 2 saturated heterocycles. The van der Waals surface area contributed by atoms with Crippen LogP contribution in [0.5, 0.6) is 0 Å². The number of nitrogens with zero attached hydrogens (tertiary/aromatic N) is 1. The summed E-state index contributed by atoms with van der Waals surface area (Å²) in [5.41, 5.74) is 0. The number of piperidine rings is 2. The topological polar surface area (TPSA) is 46.2 Å². The lowest BCUT2D eigenvalue weighted by Crippen LogP contribution is -2.64. The van der Waals surface area contributed by atoms with E-state index in [2.05, 4.69) is 12.2 Å². The molecule has 3 rings (SSSR count). The molecule has 0 aromatic heterocycles. The fourth-order valence-corrected chi connectivity index (χ4v) is 6.23. The number of likely N-dealkylation sites (tertiary alicyclic amines) is 1. The first-order valence-corrected chi connectivity index (χ1v) is 9.88. The lowest BCUT2D eigenvalue weighted by molar-refractivity contribution is -0.841. The smallest absolute Gasteiger partial charge is 0.316 e. The molecule has 0 unspecified atom stereocenters. The standard InChI is InChI=1S/C17H27N2O2S/c1-15-9-13-19(14-10-15,16-7-11-18-12-8-16)22(20,21)17-5-3-2-4-6-17/h2-6,15-16,18H,7-14H2,1H3/q+1. The molecule has 1 aromatic carbocycles. The second kappa shape index (κ2) is 6.30. The van der Waals surface area contributed by atoms with E-state index in [9.17, 15) is 8.42 Å². The Labute approximate surface area is 134 Å². The van der Waals surface area contributed by atoms with Gasteiger partial charge in [-0.2, -0.15) is 8.42 Å². The molecule has 4 nitrogen and oxygen atoms in total. The fourth-order valence-electron chi connectivity index (χ4n) is 4.02. The molecule has 0 saturated carbocycles. The Morgan fingerprint density at radius 1 is 1.00 bits per heavy atom. The fraction of sp³-hybridized carbons (Fsp3) is 0.647. The molecule has 2 aliphatic rings. The highest BCUT2D eigenvalue weighted by molar-refractivity contribution is 7.86. The van der Waals surface area contributed by atoms with Gasteiger partial charge in [0.05, 0.1) is 13.1 Å². The highest BCUT2D eigenvalue weighted by Crippen LogP contribution is 2.37. The summed E-state index contributed by atoms with van der Waals surface area (Å²) < 4.78 is 27.2. The lowest BCUT2D eigenvalue weighted by atomic mass is 9.95. The summed E-state index contributed by atoms with van der Waals surface area (Å²) in [6.07, 6.45) is 3.94. The zero-order valence-electron chi connectivity index (χ0n) is 13.4. The van der Waals surface area contributed by atoms with Crippen molar-refractivity contribution in [2.45, 2.75) is 43.5 Å². The molecule has 1 N–H and O–H groups in total. The van der Waals surface area contributed by atoms with Crippen LogP contribution in [0.3, 0.4) is 0 Å². The van der Waals surface area contributed by atoms with Crippen molar-refractivity contribution in [3.63, 3.8) is 0 Å². The van der Waals surface area contributed by atoms with Crippen LogP contribution in [0.15, 0.2) is 35.2 Å². The van der Waals surface area contributed by atoms with E-state index in [4.69, 9.17) is 0 Å². The summed E-state index contributed by atoms with van der Waals surface area (Å²) in [5.74, 6) is 0.638. The molecule has 1 aromatic rings. The Morgan fingerprint density at radius 3 is 2.18 bits per heavy atom. The number of hydrogen-bond acceptors (Lipinski definition) is 3. The normalized spacial score (nSPS) is 31.0. The van der Waals surface area contributed by atoms with Gasteiger partial charge in [0, 0.05) is 38.8 Å². The Balaban J connectivity index is 2.01. The number of hydrogen-bond donors (Lipinski definition) is 1. The van der Waals surface area contributed by atoms with Gasteiger partial charge in [-0.25, -0.2) is 3.89 Å². The quantitative estimate of drug-likeness (QED) is 0.869. The van der Waals surface area contributed by atoms with Gasteiger partial charge in [0.15, 0.2) is 0 Å². The van der Waals surface area contributed by atoms with Crippen molar-refractivity contribution >= 4 is 10.0 Å². The van der Waals surface area contributed by atoms with Gasteiger partial charge in [-0.05, 0) is 18.1 Å². The Hall–Kier alpha value is -0.910. The van der Waals surface area contributed by atoms with Crippen LogP contribution in [0.25, 0.3) is 0 Å². The van der Waals surface area contributed by atoms with Crippen LogP contribution in [0, 0.1) is 5.92 Å². The van der Waals surface area contributed by atoms with Crippen molar-refractivity contribution in [2.75, 3.05) is 26.2 Å². The van der Waals surface area contributed by atoms with E-state index in [0.29, 0.717) is 10.8 Å². The van der Waals surface area contributed by atoms with Gasteiger partial charge in [-0.1, -0.05) is 25.1 Å². The molecule has 5 heteroatoms. The highest BCUT2D eigenvalue weighted by Gasteiger charge is 2.50. The molecule has 0 amide bonds. The molecule has 22 heavy (non-hydrogen) atoms. The number of benzene rings is 1. The average molecular weight is 323 g/mol. The largest absolute Gasteiger partial charge is 0.327 e. The Bertz CT molecular complexity index is 586. The molecule has 2 fully saturated rings. The van der Waals surface area contributed by atoms with E-state index in [1.807, 2.05) is 18.2 Å². The van der Waals surface area contributed by atoms with E-state index in [-0.39, 0.29) is 9.93 Å². The van der Waals surface area contributed by atoms with Crippen molar-refractivity contribution in [1.29, 1.82) is 0 Å². The third-order valence-electron chi connectivity index (χ3n) is 5.49. The van der Waals surface area contributed by atoms with Gasteiger partial charge in [-0.3, -0.25) is 0 Å². The van der Waals surface area contributed by atoms with E-state index in [1.165, 1.54) is 0 Å². The maximum atomic E-state index is 13.5. The molecular weight excluding hydrogens is 296 g/mol. The van der Waals surface area contributed by atoms with Crippen LogP contribution in [-0.4, -0.2) is 44.5 Å². The number of quaternary nitrogens is 1. The van der Waals surface area contributed by atoms with Crippen LogP contribution in [-0.2, 0) is 10.0 Å². The van der Waals surface area contributed by atoms with Gasteiger partial charge in [0.25, 0.3) is 0 Å². The second-order valence-corrected chi connectivity index (χ2v) is 9.00. The van der Waals surface area contributed by atoms with Crippen LogP contribution >= 0.6 is 0 Å². The maximum Gasteiger partial charge on any atom is 0.327 e. The molecule has 122 valence electrons. The van der Waals surface area contributed by atoms with Crippen LogP contribution < -0.4 is 5.32 Å². The first-order valence-electron chi connectivity index (χ1n) is 8.44. The minimum absolute atomic E-state index is 0.235. The summed E-state index contributed by atoms with van der Waals surface area (Å²) >= 11 is 0. The highest BCUT2D eigenvalue weighted by atomic mass is 32.2. The third kappa shape index (κ3) is 2.70. The predicted octanol–water partition coefficient (Wildman–Crippen LogP) is 2.37. The Kier molecular flexibility index (Phi) is 4.57. The average Bonchev–Trinajstić information content (AvgIpc) is 2.57. The summed E-state index contributed by atoms with van der Waals surface area (Å²) in [4.78, 5) is 0.489. The van der Waals surface area contributed by atoms with Crippen molar-refractivity contribution in [2.24, 2.45) is 5.92 Å². The van der Waals surface area contributed by atoms with Gasteiger partial charge >= 0.3 is 10.0 Å². The zero-order chi connectivity index (χ0) is 15.6. The lowest BCUT2D eigenvalue weighted by Gasteiger charge is -2.47. The monoisotopic (exact) mass is 323 g/mol. The van der Waals surface area contributed by atoms with Crippen molar-refractivity contribution in [3.05, 3.63) is 30.3 Å². The molecule has 0 spiro atoms. The van der Waals surface area contributed by atoms with Gasteiger partial charge in [0.1, 0.15) is 10.9 Å². The SMILES string of the molecule is CC1CC[N+](C2CCNCC2)(S(=O)(=O)c2ccccc2)CC1. The zero-order valence-corrected chi connectivity index (χ0v) is 14.2. The number of rotatable bonds is 3. The predicted molar refractivity (Wildman–Crippen MR) is 87.9 cm³/mol. The second-order valence-electron chi connectivity index (χ2n) is 6.85. The van der Waals surface area contributed by atoms with Crippen molar-refractivity contribution in [3.8, 4) is 0 Å². The van der Waals surface area contributed by atoms with Gasteiger partial charge in [-0.15, -0.1) is 0 Å². The van der Waals surface area contributed by atoms with Crippen molar-refractivity contribution < 1.29 is 12.3 Å². The third-order valence-corrected chi connectivity index (χ3v) is 7.98. The first kappa shape index (κ1) is 16.0. The number of nitrogens with one attached hydrogen (secondary N) is 1. The van der Waals surface area contributed by atoms with Crippen LogP contribution in [0.4, 0.5) is 0 Å². The first-order chi connectivity index (χ1) is 10.6. The van der Waals surface area contributed by atoms with E-state index in [0.717, 1.165) is 51.9 Å². The summed E-state index contributed by atoms with van der Waals surface area (Å²) in [6.45, 7) is 5.65. The molecule has 2 aliphatic heterocycles. The summed E-state index contributed by atoms with van der Waals surface area (Å²) in [6, 6.07) is 9.30. The van der Waals surface area contributed by atoms with Gasteiger partial charge in [0.2, 0.25) is 0 Å². The minimum atomic E-state index is -3.34. The molecule has 0 radical (unpaired) electrons. The van der Waals surface area contributed by atoms with Crippen LogP contribution in [0.1, 0.15) is 32.6 Å². The summed E-state index contributed by atoms with van der Waals surface area (Å²) in [7, 11) is -3.34. The molecule has 0 bridgehead atoms. The molecule has 2 heterocycles. The van der Waals surface area contributed by atoms with E-state index in [1.54, 1.807) is 12.1 Å². The van der Waals surface area contributed by atoms with Gasteiger partial charge < -0.3 is 5.32 Å². The maximum absolute atomic E-state index is 13.5. The molecular formula is C17H27N2O2S+. The summed E-state index contributed by atoms with van der Waals surface area (Å²) in [5, 5.41) is 3.37. The molecule has 0 aliphatic carbocycles.